The van der Waals surface area contributed by atoms with Crippen LogP contribution < -0.4 is 5.32 Å². The number of carbonyl (C=O) groups excluding carboxylic acids is 1. The second-order valence-corrected chi connectivity index (χ2v) is 5.03. The minimum Gasteiger partial charge on any atom is -0.342 e. The van der Waals surface area contributed by atoms with E-state index in [1.165, 1.54) is 12.8 Å². The Kier molecular flexibility index (Phi) is 3.62. The molecule has 1 amide bonds. The summed E-state index contributed by atoms with van der Waals surface area (Å²) in [5.41, 5.74) is 0. The maximum absolute atomic E-state index is 11.7. The highest BCUT2D eigenvalue weighted by Gasteiger charge is 2.26. The van der Waals surface area contributed by atoms with Crippen LogP contribution in [0.4, 0.5) is 0 Å². The SMILES string of the molecule is CC1CCNCC1CN1CCCCC1=O. The number of carbonyl (C=O) groups is 1. The minimum atomic E-state index is 0.374. The third-order valence-electron chi connectivity index (χ3n) is 3.86. The average molecular weight is 210 g/mol. The van der Waals surface area contributed by atoms with E-state index in [0.717, 1.165) is 44.9 Å². The van der Waals surface area contributed by atoms with Crippen LogP contribution in [-0.4, -0.2) is 37.0 Å². The molecule has 2 aliphatic heterocycles. The first kappa shape index (κ1) is 10.9. The van der Waals surface area contributed by atoms with Crippen molar-refractivity contribution in [3.63, 3.8) is 0 Å². The molecule has 2 fully saturated rings. The van der Waals surface area contributed by atoms with Crippen molar-refractivity contribution in [2.24, 2.45) is 11.8 Å². The van der Waals surface area contributed by atoms with Crippen LogP contribution in [0.1, 0.15) is 32.6 Å². The van der Waals surface area contributed by atoms with E-state index < -0.39 is 0 Å². The van der Waals surface area contributed by atoms with Crippen molar-refractivity contribution in [2.75, 3.05) is 26.2 Å². The largest absolute Gasteiger partial charge is 0.342 e. The molecule has 0 bridgehead atoms. The molecule has 0 saturated carbocycles. The van der Waals surface area contributed by atoms with Crippen LogP contribution >= 0.6 is 0 Å². The van der Waals surface area contributed by atoms with Gasteiger partial charge in [0.2, 0.25) is 5.91 Å². The van der Waals surface area contributed by atoms with Crippen molar-refractivity contribution < 1.29 is 4.79 Å². The Bertz CT molecular complexity index is 230. The summed E-state index contributed by atoms with van der Waals surface area (Å²) < 4.78 is 0. The van der Waals surface area contributed by atoms with Crippen molar-refractivity contribution in [3.05, 3.63) is 0 Å². The Hall–Kier alpha value is -0.570. The zero-order chi connectivity index (χ0) is 10.7. The predicted molar refractivity (Wildman–Crippen MR) is 60.6 cm³/mol. The molecule has 3 heteroatoms. The predicted octanol–water partition coefficient (Wildman–Crippen LogP) is 1.24. The Labute approximate surface area is 92.2 Å². The van der Waals surface area contributed by atoms with Crippen LogP contribution in [0.3, 0.4) is 0 Å². The maximum Gasteiger partial charge on any atom is 0.222 e. The summed E-state index contributed by atoms with van der Waals surface area (Å²) in [5.74, 6) is 1.81. The van der Waals surface area contributed by atoms with Crippen LogP contribution in [-0.2, 0) is 4.79 Å². The molecule has 0 aromatic carbocycles. The molecule has 0 aliphatic carbocycles. The van der Waals surface area contributed by atoms with Crippen LogP contribution in [0, 0.1) is 11.8 Å². The molecule has 0 radical (unpaired) electrons. The molecule has 2 saturated heterocycles. The Morgan fingerprint density at radius 1 is 1.47 bits per heavy atom. The van der Waals surface area contributed by atoms with Gasteiger partial charge < -0.3 is 10.2 Å². The number of hydrogen-bond acceptors (Lipinski definition) is 2. The molecule has 15 heavy (non-hydrogen) atoms. The lowest BCUT2D eigenvalue weighted by Gasteiger charge is -2.35. The second kappa shape index (κ2) is 4.97. The van der Waals surface area contributed by atoms with Gasteiger partial charge in [-0.1, -0.05) is 6.92 Å². The molecule has 0 aromatic rings. The van der Waals surface area contributed by atoms with Crippen LogP contribution in [0.5, 0.6) is 0 Å². The average Bonchev–Trinajstić information content (AvgIpc) is 2.24. The quantitative estimate of drug-likeness (QED) is 0.744. The summed E-state index contributed by atoms with van der Waals surface area (Å²) in [6.07, 6.45) is 4.31. The van der Waals surface area contributed by atoms with Gasteiger partial charge in [-0.3, -0.25) is 4.79 Å². The zero-order valence-electron chi connectivity index (χ0n) is 9.67. The van der Waals surface area contributed by atoms with E-state index >= 15 is 0 Å². The molecule has 2 aliphatic rings. The molecule has 2 heterocycles. The van der Waals surface area contributed by atoms with Gasteiger partial charge in [0.05, 0.1) is 0 Å². The first-order valence-corrected chi connectivity index (χ1v) is 6.26. The molecule has 2 rings (SSSR count). The maximum atomic E-state index is 11.7. The van der Waals surface area contributed by atoms with Gasteiger partial charge in [0.15, 0.2) is 0 Å². The van der Waals surface area contributed by atoms with Gasteiger partial charge in [0.25, 0.3) is 0 Å². The van der Waals surface area contributed by atoms with E-state index in [1.54, 1.807) is 0 Å². The van der Waals surface area contributed by atoms with Crippen molar-refractivity contribution in [1.29, 1.82) is 0 Å². The van der Waals surface area contributed by atoms with Gasteiger partial charge in [0, 0.05) is 19.5 Å². The van der Waals surface area contributed by atoms with Gasteiger partial charge in [-0.15, -0.1) is 0 Å². The molecule has 0 spiro atoms. The smallest absolute Gasteiger partial charge is 0.222 e. The lowest BCUT2D eigenvalue weighted by molar-refractivity contribution is -0.134. The number of nitrogens with one attached hydrogen (secondary N) is 1. The van der Waals surface area contributed by atoms with E-state index in [0.29, 0.717) is 11.8 Å². The van der Waals surface area contributed by atoms with Gasteiger partial charge in [-0.25, -0.2) is 0 Å². The lowest BCUT2D eigenvalue weighted by Crippen LogP contribution is -2.45. The van der Waals surface area contributed by atoms with Gasteiger partial charge in [-0.2, -0.15) is 0 Å². The standard InChI is InChI=1S/C12H22N2O/c1-10-5-6-13-8-11(10)9-14-7-3-2-4-12(14)15/h10-11,13H,2-9H2,1H3. The van der Waals surface area contributed by atoms with Gasteiger partial charge in [-0.05, 0) is 44.2 Å². The molecule has 1 N–H and O–H groups in total. The van der Waals surface area contributed by atoms with Crippen molar-refractivity contribution in [2.45, 2.75) is 32.6 Å². The fourth-order valence-corrected chi connectivity index (χ4v) is 2.64. The van der Waals surface area contributed by atoms with Crippen LogP contribution in [0.25, 0.3) is 0 Å². The van der Waals surface area contributed by atoms with E-state index in [9.17, 15) is 4.79 Å². The minimum absolute atomic E-state index is 0.374. The summed E-state index contributed by atoms with van der Waals surface area (Å²) in [4.78, 5) is 13.8. The first-order valence-electron chi connectivity index (χ1n) is 6.26. The van der Waals surface area contributed by atoms with Crippen molar-refractivity contribution in [3.8, 4) is 0 Å². The number of likely N-dealkylation sites (tertiary alicyclic amines) is 1. The molecule has 2 atom stereocenters. The van der Waals surface area contributed by atoms with Crippen molar-refractivity contribution >= 4 is 5.91 Å². The molecule has 2 unspecified atom stereocenters. The normalized spacial score (nSPS) is 33.1. The molecular weight excluding hydrogens is 188 g/mol. The van der Waals surface area contributed by atoms with E-state index in [4.69, 9.17) is 0 Å². The topological polar surface area (TPSA) is 32.3 Å². The van der Waals surface area contributed by atoms with E-state index in [1.807, 2.05) is 0 Å². The number of rotatable bonds is 2. The van der Waals surface area contributed by atoms with Crippen LogP contribution in [0.2, 0.25) is 0 Å². The number of amides is 1. The first-order chi connectivity index (χ1) is 7.27. The Morgan fingerprint density at radius 3 is 3.07 bits per heavy atom. The third kappa shape index (κ3) is 2.71. The van der Waals surface area contributed by atoms with Crippen molar-refractivity contribution in [1.82, 2.24) is 10.2 Å². The fourth-order valence-electron chi connectivity index (χ4n) is 2.64. The highest BCUT2D eigenvalue weighted by molar-refractivity contribution is 5.76. The molecule has 86 valence electrons. The second-order valence-electron chi connectivity index (χ2n) is 5.03. The Morgan fingerprint density at radius 2 is 2.33 bits per heavy atom. The van der Waals surface area contributed by atoms with E-state index in [2.05, 4.69) is 17.1 Å². The summed E-state index contributed by atoms with van der Waals surface area (Å²) in [5, 5.41) is 3.43. The van der Waals surface area contributed by atoms with Gasteiger partial charge in [0.1, 0.15) is 0 Å². The monoisotopic (exact) mass is 210 g/mol. The number of nitrogens with zero attached hydrogens (tertiary/aromatic N) is 1. The highest BCUT2D eigenvalue weighted by atomic mass is 16.2. The number of hydrogen-bond donors (Lipinski definition) is 1. The zero-order valence-corrected chi connectivity index (χ0v) is 9.67. The van der Waals surface area contributed by atoms with Gasteiger partial charge >= 0.3 is 0 Å². The summed E-state index contributed by atoms with van der Waals surface area (Å²) >= 11 is 0. The summed E-state index contributed by atoms with van der Waals surface area (Å²) in [6, 6.07) is 0. The Balaban J connectivity index is 1.86. The summed E-state index contributed by atoms with van der Waals surface area (Å²) in [6.45, 7) is 6.52. The summed E-state index contributed by atoms with van der Waals surface area (Å²) in [7, 11) is 0. The lowest BCUT2D eigenvalue weighted by atomic mass is 9.87. The fraction of sp³-hybridized carbons (Fsp3) is 0.917. The van der Waals surface area contributed by atoms with E-state index in [-0.39, 0.29) is 0 Å². The third-order valence-corrected chi connectivity index (χ3v) is 3.86. The molecule has 3 nitrogen and oxygen atoms in total. The number of piperidine rings is 2. The molecule has 0 aromatic heterocycles. The highest BCUT2D eigenvalue weighted by Crippen LogP contribution is 2.21. The molecular formula is C12H22N2O. The van der Waals surface area contributed by atoms with Crippen LogP contribution in [0.15, 0.2) is 0 Å².